The maximum absolute atomic E-state index is 10.6. The van der Waals surface area contributed by atoms with E-state index in [1.807, 2.05) is 11.8 Å². The number of carboxylic acid groups (broad SMARTS) is 1. The molecule has 0 saturated carbocycles. The number of hydrogen-bond acceptors (Lipinski definition) is 4. The quantitative estimate of drug-likeness (QED) is 0.886. The Morgan fingerprint density at radius 2 is 2.53 bits per heavy atom. The van der Waals surface area contributed by atoms with Crippen LogP contribution >= 0.6 is 23.1 Å². The third-order valence-corrected chi connectivity index (χ3v) is 4.64. The molecule has 0 spiro atoms. The molecule has 82 valence electrons. The minimum absolute atomic E-state index is 0.193. The van der Waals surface area contributed by atoms with Crippen molar-refractivity contribution in [1.82, 2.24) is 4.98 Å². The van der Waals surface area contributed by atoms with Gasteiger partial charge in [-0.15, -0.1) is 11.3 Å². The highest BCUT2D eigenvalue weighted by Gasteiger charge is 2.17. The minimum atomic E-state index is -0.921. The van der Waals surface area contributed by atoms with E-state index in [0.29, 0.717) is 5.92 Å². The van der Waals surface area contributed by atoms with Crippen LogP contribution in [-0.2, 0) is 6.42 Å². The number of hydrogen-bond donors (Lipinski definition) is 1. The first-order chi connectivity index (χ1) is 7.25. The van der Waals surface area contributed by atoms with E-state index < -0.39 is 5.97 Å². The molecule has 2 heterocycles. The molecule has 1 unspecified atom stereocenters. The normalized spacial score (nSPS) is 21.5. The maximum Gasteiger partial charge on any atom is 0.355 e. The Balaban J connectivity index is 1.94. The summed E-state index contributed by atoms with van der Waals surface area (Å²) < 4.78 is 0. The van der Waals surface area contributed by atoms with Crippen LogP contribution in [0.3, 0.4) is 0 Å². The SMILES string of the molecule is O=C(O)c1csc(CC2CCCSC2)n1. The fourth-order valence-electron chi connectivity index (χ4n) is 1.72. The van der Waals surface area contributed by atoms with E-state index >= 15 is 0 Å². The fourth-order valence-corrected chi connectivity index (χ4v) is 3.76. The number of carboxylic acids is 1. The second-order valence-electron chi connectivity index (χ2n) is 3.72. The molecule has 2 rings (SSSR count). The molecule has 0 amide bonds. The Kier molecular flexibility index (Phi) is 3.64. The third-order valence-electron chi connectivity index (χ3n) is 2.49. The average Bonchev–Trinajstić information content (AvgIpc) is 2.68. The number of aromatic carboxylic acids is 1. The smallest absolute Gasteiger partial charge is 0.355 e. The Morgan fingerprint density at radius 1 is 1.67 bits per heavy atom. The van der Waals surface area contributed by atoms with Crippen molar-refractivity contribution in [3.05, 3.63) is 16.1 Å². The maximum atomic E-state index is 10.6. The number of aromatic nitrogens is 1. The number of thiazole rings is 1. The molecule has 1 aliphatic heterocycles. The molecule has 1 N–H and O–H groups in total. The van der Waals surface area contributed by atoms with Crippen LogP contribution in [0.1, 0.15) is 28.3 Å². The molecule has 1 atom stereocenters. The summed E-state index contributed by atoms with van der Waals surface area (Å²) in [7, 11) is 0. The van der Waals surface area contributed by atoms with Crippen LogP contribution in [0.25, 0.3) is 0 Å². The van der Waals surface area contributed by atoms with E-state index in [9.17, 15) is 4.79 Å². The summed E-state index contributed by atoms with van der Waals surface area (Å²) >= 11 is 3.47. The Morgan fingerprint density at radius 3 is 3.13 bits per heavy atom. The molecule has 3 nitrogen and oxygen atoms in total. The van der Waals surface area contributed by atoms with Crippen molar-refractivity contribution < 1.29 is 9.90 Å². The molecule has 1 aromatic heterocycles. The second-order valence-corrected chi connectivity index (χ2v) is 5.81. The number of thioether (sulfide) groups is 1. The second kappa shape index (κ2) is 4.99. The summed E-state index contributed by atoms with van der Waals surface area (Å²) in [5.74, 6) is 2.24. The molecule has 0 aliphatic carbocycles. The van der Waals surface area contributed by atoms with Crippen LogP contribution < -0.4 is 0 Å². The van der Waals surface area contributed by atoms with Gasteiger partial charge in [-0.2, -0.15) is 11.8 Å². The van der Waals surface area contributed by atoms with Gasteiger partial charge < -0.3 is 5.11 Å². The molecular weight excluding hydrogens is 230 g/mol. The van der Waals surface area contributed by atoms with Crippen LogP contribution in [0.2, 0.25) is 0 Å². The lowest BCUT2D eigenvalue weighted by Gasteiger charge is -2.19. The number of nitrogens with zero attached hydrogens (tertiary/aromatic N) is 1. The lowest BCUT2D eigenvalue weighted by molar-refractivity contribution is 0.0691. The zero-order valence-corrected chi connectivity index (χ0v) is 9.94. The molecule has 0 radical (unpaired) electrons. The molecule has 1 saturated heterocycles. The highest BCUT2D eigenvalue weighted by molar-refractivity contribution is 7.99. The molecular formula is C10H13NO2S2. The first kappa shape index (κ1) is 11.0. The van der Waals surface area contributed by atoms with E-state index in [4.69, 9.17) is 5.11 Å². The van der Waals surface area contributed by atoms with E-state index in [1.165, 1.54) is 35.7 Å². The van der Waals surface area contributed by atoms with Crippen LogP contribution in [0.4, 0.5) is 0 Å². The molecule has 1 fully saturated rings. The van der Waals surface area contributed by atoms with Crippen LogP contribution in [0.15, 0.2) is 5.38 Å². The van der Waals surface area contributed by atoms with Gasteiger partial charge in [0.1, 0.15) is 0 Å². The molecule has 0 bridgehead atoms. The molecule has 1 aliphatic rings. The Hall–Kier alpha value is -0.550. The highest BCUT2D eigenvalue weighted by Crippen LogP contribution is 2.26. The predicted octanol–water partition coefficient (Wildman–Crippen LogP) is 2.53. The standard InChI is InChI=1S/C10H13NO2S2/c12-10(13)8-6-15-9(11-8)4-7-2-1-3-14-5-7/h6-7H,1-5H2,(H,12,13). The lowest BCUT2D eigenvalue weighted by atomic mass is 10.0. The van der Waals surface area contributed by atoms with E-state index in [2.05, 4.69) is 4.98 Å². The summed E-state index contributed by atoms with van der Waals surface area (Å²) in [5.41, 5.74) is 0.193. The first-order valence-electron chi connectivity index (χ1n) is 5.01. The minimum Gasteiger partial charge on any atom is -0.476 e. The van der Waals surface area contributed by atoms with Gasteiger partial charge in [-0.05, 0) is 30.3 Å². The number of carbonyl (C=O) groups is 1. The van der Waals surface area contributed by atoms with Gasteiger partial charge in [0.2, 0.25) is 0 Å². The number of rotatable bonds is 3. The van der Waals surface area contributed by atoms with Crippen molar-refractivity contribution in [2.24, 2.45) is 5.92 Å². The summed E-state index contributed by atoms with van der Waals surface area (Å²) in [6, 6.07) is 0. The van der Waals surface area contributed by atoms with Crippen molar-refractivity contribution in [3.63, 3.8) is 0 Å². The Bertz CT molecular complexity index is 345. The lowest BCUT2D eigenvalue weighted by Crippen LogP contribution is -2.13. The van der Waals surface area contributed by atoms with E-state index in [-0.39, 0.29) is 5.69 Å². The molecule has 0 aromatic carbocycles. The summed E-state index contributed by atoms with van der Waals surface area (Å²) in [6.45, 7) is 0. The van der Waals surface area contributed by atoms with Gasteiger partial charge in [0, 0.05) is 11.8 Å². The topological polar surface area (TPSA) is 50.2 Å². The summed E-state index contributed by atoms with van der Waals surface area (Å²) in [6.07, 6.45) is 3.49. The van der Waals surface area contributed by atoms with Crippen LogP contribution in [0, 0.1) is 5.92 Å². The van der Waals surface area contributed by atoms with Gasteiger partial charge in [-0.3, -0.25) is 0 Å². The van der Waals surface area contributed by atoms with Crippen molar-refractivity contribution in [2.45, 2.75) is 19.3 Å². The van der Waals surface area contributed by atoms with Gasteiger partial charge in [-0.25, -0.2) is 9.78 Å². The van der Waals surface area contributed by atoms with Gasteiger partial charge in [-0.1, -0.05) is 0 Å². The zero-order chi connectivity index (χ0) is 10.7. The zero-order valence-electron chi connectivity index (χ0n) is 8.31. The fraction of sp³-hybridized carbons (Fsp3) is 0.600. The predicted molar refractivity (Wildman–Crippen MR) is 62.8 cm³/mol. The van der Waals surface area contributed by atoms with Crippen LogP contribution in [0.5, 0.6) is 0 Å². The van der Waals surface area contributed by atoms with Gasteiger partial charge in [0.05, 0.1) is 5.01 Å². The van der Waals surface area contributed by atoms with Crippen LogP contribution in [-0.4, -0.2) is 27.6 Å². The van der Waals surface area contributed by atoms with E-state index in [0.717, 1.165) is 11.4 Å². The van der Waals surface area contributed by atoms with Gasteiger partial charge in [0.15, 0.2) is 5.69 Å². The molecule has 1 aromatic rings. The van der Waals surface area contributed by atoms with Crippen molar-refractivity contribution in [2.75, 3.05) is 11.5 Å². The van der Waals surface area contributed by atoms with Crippen molar-refractivity contribution >= 4 is 29.1 Å². The third kappa shape index (κ3) is 2.95. The Labute approximate surface area is 96.9 Å². The van der Waals surface area contributed by atoms with Crippen molar-refractivity contribution in [1.29, 1.82) is 0 Å². The highest BCUT2D eigenvalue weighted by atomic mass is 32.2. The molecule has 5 heteroatoms. The summed E-state index contributed by atoms with van der Waals surface area (Å²) in [4.78, 5) is 14.8. The first-order valence-corrected chi connectivity index (χ1v) is 7.04. The average molecular weight is 243 g/mol. The largest absolute Gasteiger partial charge is 0.476 e. The van der Waals surface area contributed by atoms with Gasteiger partial charge in [0.25, 0.3) is 0 Å². The monoisotopic (exact) mass is 243 g/mol. The van der Waals surface area contributed by atoms with Gasteiger partial charge >= 0.3 is 5.97 Å². The van der Waals surface area contributed by atoms with Crippen molar-refractivity contribution in [3.8, 4) is 0 Å². The summed E-state index contributed by atoms with van der Waals surface area (Å²) in [5, 5.41) is 11.3. The van der Waals surface area contributed by atoms with E-state index in [1.54, 1.807) is 5.38 Å². The molecule has 15 heavy (non-hydrogen) atoms.